The van der Waals surface area contributed by atoms with Crippen LogP contribution in [0.2, 0.25) is 0 Å². The van der Waals surface area contributed by atoms with Crippen molar-refractivity contribution >= 4 is 0 Å². The van der Waals surface area contributed by atoms with E-state index >= 15 is 0 Å². The fourth-order valence-electron chi connectivity index (χ4n) is 2.63. The van der Waals surface area contributed by atoms with E-state index < -0.39 is 0 Å². The number of nitrogens with zero attached hydrogens (tertiary/aromatic N) is 3. The van der Waals surface area contributed by atoms with Crippen LogP contribution in [0.15, 0.2) is 0 Å². The SMILES string of the molecule is CNC(C)(C#N)CCCN1CCCN(C)CC1C. The van der Waals surface area contributed by atoms with Crippen molar-refractivity contribution in [3.8, 4) is 6.07 Å². The second-order valence-corrected chi connectivity index (χ2v) is 5.80. The summed E-state index contributed by atoms with van der Waals surface area (Å²) in [6.45, 7) is 8.94. The van der Waals surface area contributed by atoms with Gasteiger partial charge in [-0.2, -0.15) is 5.26 Å². The summed E-state index contributed by atoms with van der Waals surface area (Å²) < 4.78 is 0. The van der Waals surface area contributed by atoms with Gasteiger partial charge in [-0.15, -0.1) is 0 Å². The number of nitriles is 1. The molecule has 4 heteroatoms. The highest BCUT2D eigenvalue weighted by Crippen LogP contribution is 2.14. The van der Waals surface area contributed by atoms with Gasteiger partial charge in [0.15, 0.2) is 0 Å². The summed E-state index contributed by atoms with van der Waals surface area (Å²) in [5.41, 5.74) is -0.369. The molecule has 0 radical (unpaired) electrons. The van der Waals surface area contributed by atoms with Crippen LogP contribution in [0.4, 0.5) is 0 Å². The molecule has 0 amide bonds. The maximum absolute atomic E-state index is 9.12. The van der Waals surface area contributed by atoms with E-state index in [2.05, 4.69) is 35.2 Å². The summed E-state index contributed by atoms with van der Waals surface area (Å²) >= 11 is 0. The lowest BCUT2D eigenvalue weighted by Crippen LogP contribution is -2.41. The lowest BCUT2D eigenvalue weighted by atomic mass is 9.98. The van der Waals surface area contributed by atoms with E-state index in [1.165, 1.54) is 19.5 Å². The van der Waals surface area contributed by atoms with E-state index in [1.54, 1.807) is 0 Å². The molecule has 1 rings (SSSR count). The fourth-order valence-corrected chi connectivity index (χ4v) is 2.63. The molecule has 1 heterocycles. The van der Waals surface area contributed by atoms with E-state index in [0.717, 1.165) is 25.9 Å². The maximum atomic E-state index is 9.12. The molecular weight excluding hydrogens is 224 g/mol. The molecule has 1 aliphatic heterocycles. The highest BCUT2D eigenvalue weighted by molar-refractivity contribution is 5.02. The van der Waals surface area contributed by atoms with Crippen molar-refractivity contribution in [3.63, 3.8) is 0 Å². The zero-order valence-electron chi connectivity index (χ0n) is 12.4. The van der Waals surface area contributed by atoms with Crippen LogP contribution >= 0.6 is 0 Å². The third-order valence-electron chi connectivity index (χ3n) is 4.11. The summed E-state index contributed by atoms with van der Waals surface area (Å²) in [4.78, 5) is 4.98. The van der Waals surface area contributed by atoms with Crippen LogP contribution in [0.1, 0.15) is 33.1 Å². The molecule has 1 aliphatic rings. The number of nitrogens with one attached hydrogen (secondary N) is 1. The molecule has 1 N–H and O–H groups in total. The fraction of sp³-hybridized carbons (Fsp3) is 0.929. The number of hydrogen-bond donors (Lipinski definition) is 1. The minimum atomic E-state index is -0.369. The highest BCUT2D eigenvalue weighted by atomic mass is 15.2. The second-order valence-electron chi connectivity index (χ2n) is 5.80. The van der Waals surface area contributed by atoms with Gasteiger partial charge in [0.25, 0.3) is 0 Å². The second kappa shape index (κ2) is 7.08. The molecule has 18 heavy (non-hydrogen) atoms. The van der Waals surface area contributed by atoms with Crippen LogP contribution in [-0.4, -0.2) is 61.7 Å². The molecule has 4 nitrogen and oxygen atoms in total. The Bertz CT molecular complexity index is 286. The lowest BCUT2D eigenvalue weighted by Gasteiger charge is -2.29. The van der Waals surface area contributed by atoms with Crippen molar-refractivity contribution < 1.29 is 0 Å². The molecule has 0 aromatic carbocycles. The van der Waals surface area contributed by atoms with E-state index in [1.807, 2.05) is 14.0 Å². The normalized spacial score (nSPS) is 26.3. The summed E-state index contributed by atoms with van der Waals surface area (Å²) in [5, 5.41) is 12.2. The molecule has 0 aliphatic carbocycles. The third-order valence-corrected chi connectivity index (χ3v) is 4.11. The first-order valence-electron chi connectivity index (χ1n) is 7.03. The van der Waals surface area contributed by atoms with Gasteiger partial charge >= 0.3 is 0 Å². The minimum absolute atomic E-state index is 0.369. The standard InChI is InChI=1S/C14H28N4/c1-13-11-17(4)8-6-10-18(13)9-5-7-14(2,12-15)16-3/h13,16H,5-11H2,1-4H3. The zero-order chi connectivity index (χ0) is 13.6. The van der Waals surface area contributed by atoms with Gasteiger partial charge in [-0.25, -0.2) is 0 Å². The first-order valence-corrected chi connectivity index (χ1v) is 7.03. The van der Waals surface area contributed by atoms with E-state index in [9.17, 15) is 0 Å². The predicted molar refractivity (Wildman–Crippen MR) is 75.5 cm³/mol. The average molecular weight is 252 g/mol. The Morgan fingerprint density at radius 1 is 1.44 bits per heavy atom. The Morgan fingerprint density at radius 2 is 2.17 bits per heavy atom. The Hall–Kier alpha value is -0.630. The van der Waals surface area contributed by atoms with Crippen molar-refractivity contribution in [1.29, 1.82) is 5.26 Å². The van der Waals surface area contributed by atoms with Gasteiger partial charge in [0.1, 0.15) is 5.54 Å². The Labute approximate surface area is 112 Å². The summed E-state index contributed by atoms with van der Waals surface area (Å²) in [6, 6.07) is 2.98. The van der Waals surface area contributed by atoms with Crippen molar-refractivity contribution in [1.82, 2.24) is 15.1 Å². The lowest BCUT2D eigenvalue weighted by molar-refractivity contribution is 0.195. The van der Waals surface area contributed by atoms with Crippen LogP contribution in [-0.2, 0) is 0 Å². The summed E-state index contributed by atoms with van der Waals surface area (Å²) in [7, 11) is 4.07. The maximum Gasteiger partial charge on any atom is 0.103 e. The largest absolute Gasteiger partial charge is 0.305 e. The Balaban J connectivity index is 2.36. The van der Waals surface area contributed by atoms with Crippen molar-refractivity contribution in [2.45, 2.75) is 44.7 Å². The van der Waals surface area contributed by atoms with Crippen LogP contribution in [0.5, 0.6) is 0 Å². The van der Waals surface area contributed by atoms with E-state index in [0.29, 0.717) is 6.04 Å². The summed E-state index contributed by atoms with van der Waals surface area (Å²) in [5.74, 6) is 0. The van der Waals surface area contributed by atoms with Crippen LogP contribution in [0.25, 0.3) is 0 Å². The monoisotopic (exact) mass is 252 g/mol. The van der Waals surface area contributed by atoms with Crippen LogP contribution < -0.4 is 5.32 Å². The van der Waals surface area contributed by atoms with Crippen molar-refractivity contribution in [2.75, 3.05) is 40.3 Å². The molecule has 2 unspecified atom stereocenters. The molecule has 0 aromatic heterocycles. The first kappa shape index (κ1) is 15.4. The molecule has 0 aromatic rings. The van der Waals surface area contributed by atoms with Crippen molar-refractivity contribution in [3.05, 3.63) is 0 Å². The molecule has 104 valence electrons. The smallest absolute Gasteiger partial charge is 0.103 e. The highest BCUT2D eigenvalue weighted by Gasteiger charge is 2.23. The van der Waals surface area contributed by atoms with Gasteiger partial charge in [0.05, 0.1) is 6.07 Å². The minimum Gasteiger partial charge on any atom is -0.305 e. The van der Waals surface area contributed by atoms with Gasteiger partial charge in [-0.05, 0) is 66.8 Å². The molecule has 0 spiro atoms. The topological polar surface area (TPSA) is 42.3 Å². The molecule has 1 saturated heterocycles. The Morgan fingerprint density at radius 3 is 2.78 bits per heavy atom. The zero-order valence-corrected chi connectivity index (χ0v) is 12.4. The average Bonchev–Trinajstić information content (AvgIpc) is 2.51. The molecular formula is C14H28N4. The van der Waals surface area contributed by atoms with Crippen LogP contribution in [0, 0.1) is 11.3 Å². The molecule has 0 saturated carbocycles. The first-order chi connectivity index (χ1) is 8.50. The number of rotatable bonds is 5. The van der Waals surface area contributed by atoms with Crippen molar-refractivity contribution in [2.24, 2.45) is 0 Å². The van der Waals surface area contributed by atoms with Gasteiger partial charge < -0.3 is 10.2 Å². The van der Waals surface area contributed by atoms with Gasteiger partial charge in [0.2, 0.25) is 0 Å². The molecule has 1 fully saturated rings. The third kappa shape index (κ3) is 4.56. The van der Waals surface area contributed by atoms with Crippen LogP contribution in [0.3, 0.4) is 0 Å². The van der Waals surface area contributed by atoms with E-state index in [4.69, 9.17) is 5.26 Å². The predicted octanol–water partition coefficient (Wildman–Crippen LogP) is 1.29. The molecule has 2 atom stereocenters. The summed E-state index contributed by atoms with van der Waals surface area (Å²) in [6.07, 6.45) is 3.25. The quantitative estimate of drug-likeness (QED) is 0.801. The van der Waals surface area contributed by atoms with Gasteiger partial charge in [-0.1, -0.05) is 0 Å². The van der Waals surface area contributed by atoms with Gasteiger partial charge in [0, 0.05) is 12.6 Å². The van der Waals surface area contributed by atoms with Gasteiger partial charge in [-0.3, -0.25) is 4.90 Å². The Kier molecular flexibility index (Phi) is 6.07. The molecule has 0 bridgehead atoms. The number of likely N-dealkylation sites (N-methyl/N-ethyl adjacent to an activating group) is 1. The number of hydrogen-bond acceptors (Lipinski definition) is 4. The van der Waals surface area contributed by atoms with E-state index in [-0.39, 0.29) is 5.54 Å².